The van der Waals surface area contributed by atoms with Crippen molar-refractivity contribution in [1.29, 1.82) is 0 Å². The number of nitrogens with one attached hydrogen (secondary N) is 3. The number of benzene rings is 3. The highest BCUT2D eigenvalue weighted by Gasteiger charge is 2.27. The molecule has 0 unspecified atom stereocenters. The summed E-state index contributed by atoms with van der Waals surface area (Å²) in [6, 6.07) is 23.4. The van der Waals surface area contributed by atoms with Crippen LogP contribution >= 0.6 is 23.1 Å². The Morgan fingerprint density at radius 3 is 2.47 bits per heavy atom. The Bertz CT molecular complexity index is 1760. The number of esters is 1. The lowest BCUT2D eigenvalue weighted by atomic mass is 9.95. The number of hydrogen-bond donors (Lipinski definition) is 3. The molecule has 1 aliphatic carbocycles. The molecule has 230 valence electrons. The van der Waals surface area contributed by atoms with Crippen molar-refractivity contribution in [2.24, 2.45) is 0 Å². The van der Waals surface area contributed by atoms with E-state index in [1.807, 2.05) is 43.3 Å². The molecule has 0 radical (unpaired) electrons. The van der Waals surface area contributed by atoms with E-state index in [4.69, 9.17) is 4.74 Å². The van der Waals surface area contributed by atoms with E-state index >= 15 is 0 Å². The minimum Gasteiger partial charge on any atom is -0.465 e. The molecular weight excluding hydrogens is 607 g/mol. The maximum absolute atomic E-state index is 13.4. The second-order valence-corrected chi connectivity index (χ2v) is 12.7. The van der Waals surface area contributed by atoms with Gasteiger partial charge in [0, 0.05) is 21.0 Å². The van der Waals surface area contributed by atoms with Crippen LogP contribution in [0.3, 0.4) is 0 Å². The van der Waals surface area contributed by atoms with Crippen molar-refractivity contribution in [2.45, 2.75) is 37.5 Å². The number of hydrogen-bond acceptors (Lipinski definition) is 7. The van der Waals surface area contributed by atoms with Crippen molar-refractivity contribution in [3.05, 3.63) is 117 Å². The van der Waals surface area contributed by atoms with E-state index in [9.17, 15) is 19.2 Å². The molecule has 0 fully saturated rings. The topological polar surface area (TPSA) is 114 Å². The van der Waals surface area contributed by atoms with Crippen LogP contribution < -0.4 is 16.0 Å². The smallest absolute Gasteiger partial charge is 0.341 e. The average Bonchev–Trinajstić information content (AvgIpc) is 3.41. The largest absolute Gasteiger partial charge is 0.465 e. The number of anilines is 2. The summed E-state index contributed by atoms with van der Waals surface area (Å²) in [5.74, 6) is -1.46. The van der Waals surface area contributed by atoms with E-state index in [1.54, 1.807) is 48.5 Å². The van der Waals surface area contributed by atoms with E-state index < -0.39 is 17.8 Å². The van der Waals surface area contributed by atoms with Gasteiger partial charge in [0.25, 0.3) is 11.8 Å². The van der Waals surface area contributed by atoms with Crippen molar-refractivity contribution in [3.8, 4) is 0 Å². The summed E-state index contributed by atoms with van der Waals surface area (Å²) < 4.78 is 5.01. The molecule has 8 nitrogen and oxygen atoms in total. The summed E-state index contributed by atoms with van der Waals surface area (Å²) in [6.07, 6.45) is 5.40. The van der Waals surface area contributed by atoms with Crippen LogP contribution in [-0.4, -0.2) is 36.6 Å². The van der Waals surface area contributed by atoms with Gasteiger partial charge in [-0.05, 0) is 80.1 Å². The fourth-order valence-electron chi connectivity index (χ4n) is 5.01. The summed E-state index contributed by atoms with van der Waals surface area (Å²) in [5, 5.41) is 9.07. The Balaban J connectivity index is 1.26. The number of carbonyl (C=O) groups excluding carboxylic acids is 4. The molecule has 0 aliphatic heterocycles. The quantitative estimate of drug-likeness (QED) is 0.0993. The van der Waals surface area contributed by atoms with Crippen LogP contribution in [0.2, 0.25) is 0 Å². The summed E-state index contributed by atoms with van der Waals surface area (Å²) >= 11 is 2.75. The van der Waals surface area contributed by atoms with Crippen LogP contribution in [0, 0.1) is 6.92 Å². The van der Waals surface area contributed by atoms with E-state index in [-0.39, 0.29) is 17.4 Å². The predicted octanol–water partition coefficient (Wildman–Crippen LogP) is 6.86. The predicted molar refractivity (Wildman–Crippen MR) is 180 cm³/mol. The first kappa shape index (κ1) is 31.7. The van der Waals surface area contributed by atoms with E-state index in [1.165, 1.54) is 30.2 Å². The summed E-state index contributed by atoms with van der Waals surface area (Å²) in [6.45, 7) is 1.95. The first-order valence-electron chi connectivity index (χ1n) is 14.5. The average molecular weight is 640 g/mol. The van der Waals surface area contributed by atoms with Gasteiger partial charge in [-0.25, -0.2) is 4.79 Å². The zero-order chi connectivity index (χ0) is 31.8. The van der Waals surface area contributed by atoms with Crippen LogP contribution in [0.5, 0.6) is 0 Å². The highest BCUT2D eigenvalue weighted by atomic mass is 32.2. The number of aryl methyl sites for hydroxylation is 2. The number of carbonyl (C=O) groups is 4. The van der Waals surface area contributed by atoms with Gasteiger partial charge in [0.1, 0.15) is 10.7 Å². The summed E-state index contributed by atoms with van der Waals surface area (Å²) in [5.41, 5.74) is 4.27. The molecule has 0 saturated heterocycles. The van der Waals surface area contributed by atoms with Crippen LogP contribution in [0.4, 0.5) is 10.7 Å². The second-order valence-electron chi connectivity index (χ2n) is 10.5. The minimum atomic E-state index is -0.488. The molecule has 4 aromatic rings. The molecule has 10 heteroatoms. The van der Waals surface area contributed by atoms with Gasteiger partial charge in [-0.15, -0.1) is 23.1 Å². The molecule has 0 atom stereocenters. The standard InChI is InChI=1S/C35H33N3O5S2/c1-22-10-8-11-23(18-22)19-28(37-32(40)24-12-4-3-5-13-24)33(41)36-25-14-9-15-26(20-25)44-21-30(39)38-34-31(35(42)43-2)27-16-6-7-17-29(27)45-34/h3-5,8-15,18-20H,6-7,16-17,21H2,1-2H3,(H,36,41)(H,37,40)(H,38,39)/b28-19+. The zero-order valence-electron chi connectivity index (χ0n) is 25.0. The van der Waals surface area contributed by atoms with Crippen molar-refractivity contribution >= 4 is 63.6 Å². The summed E-state index contributed by atoms with van der Waals surface area (Å²) in [4.78, 5) is 53.7. The normalized spacial score (nSPS) is 12.5. The highest BCUT2D eigenvalue weighted by molar-refractivity contribution is 8.00. The fourth-order valence-corrected chi connectivity index (χ4v) is 7.06. The molecular formula is C35H33N3O5S2. The Morgan fingerprint density at radius 2 is 1.69 bits per heavy atom. The number of thioether (sulfide) groups is 1. The van der Waals surface area contributed by atoms with Gasteiger partial charge in [-0.3, -0.25) is 14.4 Å². The maximum Gasteiger partial charge on any atom is 0.341 e. The molecule has 0 saturated carbocycles. The Morgan fingerprint density at radius 1 is 0.911 bits per heavy atom. The first-order valence-corrected chi connectivity index (χ1v) is 16.3. The number of fused-ring (bicyclic) bond motifs is 1. The van der Waals surface area contributed by atoms with Crippen LogP contribution in [0.15, 0.2) is 89.5 Å². The number of thiophene rings is 1. The monoisotopic (exact) mass is 639 g/mol. The second kappa shape index (κ2) is 14.9. The van der Waals surface area contributed by atoms with E-state index in [0.29, 0.717) is 21.8 Å². The van der Waals surface area contributed by atoms with Crippen LogP contribution in [-0.2, 0) is 27.2 Å². The first-order chi connectivity index (χ1) is 21.8. The van der Waals surface area contributed by atoms with Crippen molar-refractivity contribution in [3.63, 3.8) is 0 Å². The number of amides is 3. The van der Waals surface area contributed by atoms with E-state index in [2.05, 4.69) is 16.0 Å². The van der Waals surface area contributed by atoms with Gasteiger partial charge in [-0.1, -0.05) is 54.1 Å². The maximum atomic E-state index is 13.4. The molecule has 0 bridgehead atoms. The molecule has 1 heterocycles. The summed E-state index contributed by atoms with van der Waals surface area (Å²) in [7, 11) is 1.35. The van der Waals surface area contributed by atoms with Crippen LogP contribution in [0.1, 0.15) is 55.1 Å². The molecule has 1 aliphatic rings. The number of ether oxygens (including phenoxy) is 1. The molecule has 45 heavy (non-hydrogen) atoms. The molecule has 1 aromatic heterocycles. The minimum absolute atomic E-state index is 0.0898. The van der Waals surface area contributed by atoms with Crippen molar-refractivity contribution in [2.75, 3.05) is 23.5 Å². The van der Waals surface area contributed by atoms with Gasteiger partial charge in [0.15, 0.2) is 0 Å². The van der Waals surface area contributed by atoms with Crippen molar-refractivity contribution in [1.82, 2.24) is 5.32 Å². The fraction of sp³-hybridized carbons (Fsp3) is 0.200. The molecule has 0 spiro atoms. The van der Waals surface area contributed by atoms with Gasteiger partial charge in [-0.2, -0.15) is 0 Å². The molecule has 5 rings (SSSR count). The van der Waals surface area contributed by atoms with Crippen LogP contribution in [0.25, 0.3) is 6.08 Å². The lowest BCUT2D eigenvalue weighted by Gasteiger charge is -2.12. The Hall–Kier alpha value is -4.67. The highest BCUT2D eigenvalue weighted by Crippen LogP contribution is 2.38. The number of methoxy groups -OCH3 is 1. The zero-order valence-corrected chi connectivity index (χ0v) is 26.6. The van der Waals surface area contributed by atoms with E-state index in [0.717, 1.165) is 52.1 Å². The third-order valence-electron chi connectivity index (χ3n) is 7.16. The Kier molecular flexibility index (Phi) is 10.5. The lowest BCUT2D eigenvalue weighted by molar-refractivity contribution is -0.114. The van der Waals surface area contributed by atoms with Gasteiger partial charge < -0.3 is 20.7 Å². The Labute approximate surface area is 270 Å². The molecule has 3 N–H and O–H groups in total. The van der Waals surface area contributed by atoms with Gasteiger partial charge >= 0.3 is 5.97 Å². The van der Waals surface area contributed by atoms with Gasteiger partial charge in [0.2, 0.25) is 5.91 Å². The number of rotatable bonds is 10. The lowest BCUT2D eigenvalue weighted by Crippen LogP contribution is -2.30. The van der Waals surface area contributed by atoms with Crippen molar-refractivity contribution < 1.29 is 23.9 Å². The SMILES string of the molecule is COC(=O)c1c(NC(=O)CSc2cccc(NC(=O)/C(=C\c3cccc(C)c3)NC(=O)c3ccccc3)c2)sc2c1CCCC2. The molecule has 3 amide bonds. The molecule has 3 aromatic carbocycles. The third-order valence-corrected chi connectivity index (χ3v) is 9.36. The third kappa shape index (κ3) is 8.29. The van der Waals surface area contributed by atoms with Gasteiger partial charge in [0.05, 0.1) is 18.4 Å².